The van der Waals surface area contributed by atoms with Crippen LogP contribution in [0.25, 0.3) is 10.9 Å². The first kappa shape index (κ1) is 30.5. The van der Waals surface area contributed by atoms with Crippen molar-refractivity contribution in [3.05, 3.63) is 108 Å². The summed E-state index contributed by atoms with van der Waals surface area (Å²) in [5, 5.41) is 9.58. The zero-order valence-electron chi connectivity index (χ0n) is 24.6. The van der Waals surface area contributed by atoms with Gasteiger partial charge in [0, 0.05) is 42.3 Å². The molecule has 5 rings (SSSR count). The number of nitrogens with two attached hydrogens (primary N) is 1. The Labute approximate surface area is 257 Å². The van der Waals surface area contributed by atoms with Gasteiger partial charge in [0.25, 0.3) is 0 Å². The van der Waals surface area contributed by atoms with Crippen molar-refractivity contribution in [1.29, 1.82) is 0 Å². The van der Waals surface area contributed by atoms with Crippen LogP contribution in [0, 0.1) is 5.92 Å². The van der Waals surface area contributed by atoms with Gasteiger partial charge in [-0.3, -0.25) is 19.2 Å². The van der Waals surface area contributed by atoms with E-state index in [4.69, 9.17) is 5.73 Å². The number of hydrogen-bond acceptors (Lipinski definition) is 4. The maximum atomic E-state index is 13.9. The fourth-order valence-corrected chi connectivity index (χ4v) is 5.88. The molecule has 1 aliphatic rings. The maximum Gasteiger partial charge on any atom is 0.243 e. The summed E-state index contributed by atoms with van der Waals surface area (Å²) in [5.74, 6) is -1.96. The number of aromatic amines is 1. The molecule has 228 valence electrons. The van der Waals surface area contributed by atoms with E-state index in [0.717, 1.165) is 53.3 Å². The first-order valence-corrected chi connectivity index (χ1v) is 15.2. The molecule has 1 saturated carbocycles. The lowest BCUT2D eigenvalue weighted by Crippen LogP contribution is -2.58. The average Bonchev–Trinajstić information content (AvgIpc) is 3.72. The molecule has 4 amide bonds. The molecular formula is C35H39N5O4. The van der Waals surface area contributed by atoms with Crippen molar-refractivity contribution < 1.29 is 19.2 Å². The van der Waals surface area contributed by atoms with E-state index < -0.39 is 35.8 Å². The van der Waals surface area contributed by atoms with E-state index in [9.17, 15) is 19.2 Å². The highest BCUT2D eigenvalue weighted by molar-refractivity contribution is 5.95. The number of H-pyrrole nitrogens is 1. The molecule has 9 heteroatoms. The molecule has 1 aliphatic carbocycles. The molecule has 6 N–H and O–H groups in total. The highest BCUT2D eigenvalue weighted by atomic mass is 16.2. The number of fused-ring (bicyclic) bond motifs is 1. The molecule has 0 spiro atoms. The van der Waals surface area contributed by atoms with Crippen molar-refractivity contribution in [2.75, 3.05) is 0 Å². The quantitative estimate of drug-likeness (QED) is 0.162. The van der Waals surface area contributed by atoms with Gasteiger partial charge in [-0.25, -0.2) is 0 Å². The van der Waals surface area contributed by atoms with Crippen molar-refractivity contribution >= 4 is 34.5 Å². The van der Waals surface area contributed by atoms with Crippen molar-refractivity contribution in [1.82, 2.24) is 20.9 Å². The summed E-state index contributed by atoms with van der Waals surface area (Å²) in [6, 6.07) is 23.5. The van der Waals surface area contributed by atoms with Gasteiger partial charge in [-0.2, -0.15) is 0 Å². The molecule has 9 nitrogen and oxygen atoms in total. The van der Waals surface area contributed by atoms with Gasteiger partial charge in [0.2, 0.25) is 23.6 Å². The van der Waals surface area contributed by atoms with Gasteiger partial charge in [0.05, 0.1) is 0 Å². The first-order valence-electron chi connectivity index (χ1n) is 15.2. The van der Waals surface area contributed by atoms with E-state index in [1.165, 1.54) is 0 Å². The Morgan fingerprint density at radius 3 is 1.82 bits per heavy atom. The van der Waals surface area contributed by atoms with Crippen LogP contribution in [0.2, 0.25) is 0 Å². The van der Waals surface area contributed by atoms with Gasteiger partial charge in [0.15, 0.2) is 0 Å². The minimum atomic E-state index is -1.04. The van der Waals surface area contributed by atoms with Gasteiger partial charge < -0.3 is 26.7 Å². The maximum absolute atomic E-state index is 13.9. The molecule has 1 fully saturated rings. The third-order valence-corrected chi connectivity index (χ3v) is 8.32. The van der Waals surface area contributed by atoms with Gasteiger partial charge in [-0.05, 0) is 35.6 Å². The molecule has 0 unspecified atom stereocenters. The predicted molar refractivity (Wildman–Crippen MR) is 169 cm³/mol. The molecule has 0 radical (unpaired) electrons. The molecule has 3 atom stereocenters. The van der Waals surface area contributed by atoms with Crippen molar-refractivity contribution in [2.45, 2.75) is 63.1 Å². The smallest absolute Gasteiger partial charge is 0.243 e. The Morgan fingerprint density at radius 2 is 1.20 bits per heavy atom. The minimum Gasteiger partial charge on any atom is -0.368 e. The number of primary amides is 1. The second kappa shape index (κ2) is 14.5. The molecular weight excluding hydrogens is 554 g/mol. The summed E-state index contributed by atoms with van der Waals surface area (Å²) in [6.45, 7) is 0. The average molecular weight is 594 g/mol. The van der Waals surface area contributed by atoms with Crippen LogP contribution in [0.5, 0.6) is 0 Å². The highest BCUT2D eigenvalue weighted by Crippen LogP contribution is 2.25. The lowest BCUT2D eigenvalue weighted by molar-refractivity contribution is -0.134. The van der Waals surface area contributed by atoms with Crippen molar-refractivity contribution in [2.24, 2.45) is 11.7 Å². The Hall–Kier alpha value is -4.92. The molecule has 3 aromatic carbocycles. The molecule has 44 heavy (non-hydrogen) atoms. The zero-order chi connectivity index (χ0) is 30.9. The number of amides is 4. The summed E-state index contributed by atoms with van der Waals surface area (Å²) in [6.07, 6.45) is 6.03. The second-order valence-corrected chi connectivity index (χ2v) is 11.5. The monoisotopic (exact) mass is 593 g/mol. The van der Waals surface area contributed by atoms with E-state index in [1.54, 1.807) is 0 Å². The van der Waals surface area contributed by atoms with Crippen LogP contribution in [-0.4, -0.2) is 46.7 Å². The number of para-hydroxylation sites is 1. The van der Waals surface area contributed by atoms with Gasteiger partial charge in [0.1, 0.15) is 18.1 Å². The summed E-state index contributed by atoms with van der Waals surface area (Å²) in [7, 11) is 0. The Morgan fingerprint density at radius 1 is 0.682 bits per heavy atom. The Bertz CT molecular complexity index is 1580. The summed E-state index contributed by atoms with van der Waals surface area (Å²) in [5.41, 5.74) is 9.15. The van der Waals surface area contributed by atoms with Crippen LogP contribution in [0.15, 0.2) is 91.1 Å². The molecule has 4 aromatic rings. The number of benzene rings is 3. The molecule has 0 bridgehead atoms. The second-order valence-electron chi connectivity index (χ2n) is 11.5. The highest BCUT2D eigenvalue weighted by Gasteiger charge is 2.32. The summed E-state index contributed by atoms with van der Waals surface area (Å²) >= 11 is 0. The van der Waals surface area contributed by atoms with Crippen LogP contribution in [0.3, 0.4) is 0 Å². The van der Waals surface area contributed by atoms with Gasteiger partial charge in [-0.15, -0.1) is 0 Å². The van der Waals surface area contributed by atoms with Crippen LogP contribution < -0.4 is 21.7 Å². The zero-order valence-corrected chi connectivity index (χ0v) is 24.6. The fraction of sp³-hybridized carbons (Fsp3) is 0.314. The topological polar surface area (TPSA) is 146 Å². The molecule has 0 aliphatic heterocycles. The number of carbonyl (C=O) groups excluding carboxylic acids is 4. The van der Waals surface area contributed by atoms with Gasteiger partial charge >= 0.3 is 0 Å². The summed E-state index contributed by atoms with van der Waals surface area (Å²) < 4.78 is 0. The van der Waals surface area contributed by atoms with E-state index in [-0.39, 0.29) is 31.1 Å². The van der Waals surface area contributed by atoms with E-state index in [0.29, 0.717) is 0 Å². The number of nitrogens with one attached hydrogen (secondary N) is 4. The lowest BCUT2D eigenvalue weighted by Gasteiger charge is -2.25. The SMILES string of the molecule is NC(=O)[C@H](Cc1ccccc1)NC(=O)[C@H](Cc1c[nH]c2ccccc12)NC(=O)[C@@H](Cc1ccccc1)NC(=O)C1CCCC1. The molecule has 1 aromatic heterocycles. The normalized spacial score (nSPS) is 15.3. The third-order valence-electron chi connectivity index (χ3n) is 8.32. The number of carbonyl (C=O) groups is 4. The van der Waals surface area contributed by atoms with E-state index in [1.807, 2.05) is 91.1 Å². The first-order chi connectivity index (χ1) is 21.4. The molecule has 1 heterocycles. The standard InChI is InChI=1S/C35H39N5O4/c36-32(41)29(19-23-11-3-1-4-12-23)38-35(44)31(21-26-22-37-28-18-10-9-17-27(26)28)40-34(43)30(20-24-13-5-2-6-14-24)39-33(42)25-15-7-8-16-25/h1-6,9-14,17-18,22,25,29-31,37H,7-8,15-16,19-21H2,(H2,36,41)(H,38,44)(H,39,42)(H,40,43)/t29-,30+,31-/m0/s1. The van der Waals surface area contributed by atoms with Crippen molar-refractivity contribution in [3.8, 4) is 0 Å². The lowest BCUT2D eigenvalue weighted by atomic mass is 10.00. The number of aromatic nitrogens is 1. The van der Waals surface area contributed by atoms with Crippen molar-refractivity contribution in [3.63, 3.8) is 0 Å². The largest absolute Gasteiger partial charge is 0.368 e. The number of rotatable bonds is 13. The van der Waals surface area contributed by atoms with Crippen LogP contribution >= 0.6 is 0 Å². The molecule has 0 saturated heterocycles. The number of hydrogen-bond donors (Lipinski definition) is 5. The Balaban J connectivity index is 1.39. The Kier molecular flexibility index (Phi) is 10.1. The van der Waals surface area contributed by atoms with E-state index in [2.05, 4.69) is 20.9 Å². The predicted octanol–water partition coefficient (Wildman–Crippen LogP) is 3.33. The summed E-state index contributed by atoms with van der Waals surface area (Å²) in [4.78, 5) is 56.5. The van der Waals surface area contributed by atoms with Crippen LogP contribution in [0.1, 0.15) is 42.4 Å². The van der Waals surface area contributed by atoms with Crippen LogP contribution in [0.4, 0.5) is 0 Å². The van der Waals surface area contributed by atoms with E-state index >= 15 is 0 Å². The minimum absolute atomic E-state index is 0.124. The van der Waals surface area contributed by atoms with Gasteiger partial charge in [-0.1, -0.05) is 91.7 Å². The van der Waals surface area contributed by atoms with Crippen LogP contribution in [-0.2, 0) is 38.4 Å². The third kappa shape index (κ3) is 7.92. The fourth-order valence-electron chi connectivity index (χ4n) is 5.88.